The number of alkyl halides is 1. The molecule has 0 aliphatic heterocycles. The van der Waals surface area contributed by atoms with Gasteiger partial charge >= 0.3 is 0 Å². The Kier molecular flexibility index (Phi) is 5.31. The third-order valence-corrected chi connectivity index (χ3v) is 3.25. The van der Waals surface area contributed by atoms with Gasteiger partial charge in [-0.05, 0) is 5.56 Å². The second-order valence-electron chi connectivity index (χ2n) is 4.31. The van der Waals surface area contributed by atoms with E-state index >= 15 is 0 Å². The predicted molar refractivity (Wildman–Crippen MR) is 70.4 cm³/mol. The SMILES string of the molecule is CC(C)C(=O)c1ccc(C(O)C(O)CBr)cc1. The maximum Gasteiger partial charge on any atom is 0.165 e. The van der Waals surface area contributed by atoms with Gasteiger partial charge in [0, 0.05) is 16.8 Å². The van der Waals surface area contributed by atoms with Gasteiger partial charge in [0.15, 0.2) is 5.78 Å². The van der Waals surface area contributed by atoms with E-state index in [4.69, 9.17) is 0 Å². The van der Waals surface area contributed by atoms with E-state index in [0.717, 1.165) is 0 Å². The van der Waals surface area contributed by atoms with Crippen molar-refractivity contribution in [1.29, 1.82) is 0 Å². The Morgan fingerprint density at radius 2 is 1.76 bits per heavy atom. The van der Waals surface area contributed by atoms with Gasteiger partial charge in [0.05, 0.1) is 6.10 Å². The molecular formula is C13H17BrO3. The van der Waals surface area contributed by atoms with E-state index in [9.17, 15) is 15.0 Å². The molecule has 1 aromatic rings. The van der Waals surface area contributed by atoms with E-state index in [1.807, 2.05) is 13.8 Å². The quantitative estimate of drug-likeness (QED) is 0.648. The van der Waals surface area contributed by atoms with E-state index in [0.29, 0.717) is 16.5 Å². The summed E-state index contributed by atoms with van der Waals surface area (Å²) in [5.74, 6) is 0.0333. The number of carbonyl (C=O) groups excluding carboxylic acids is 1. The molecular weight excluding hydrogens is 284 g/mol. The molecule has 0 heterocycles. The average Bonchev–Trinajstić information content (AvgIpc) is 2.36. The van der Waals surface area contributed by atoms with Crippen LogP contribution in [-0.2, 0) is 0 Å². The number of benzene rings is 1. The normalized spacial score (nSPS) is 14.7. The Hall–Kier alpha value is -0.710. The lowest BCUT2D eigenvalue weighted by Crippen LogP contribution is -2.19. The van der Waals surface area contributed by atoms with E-state index in [1.165, 1.54) is 0 Å². The molecule has 0 amide bonds. The molecule has 17 heavy (non-hydrogen) atoms. The van der Waals surface area contributed by atoms with Crippen LogP contribution in [0.1, 0.15) is 35.9 Å². The van der Waals surface area contributed by atoms with Crippen LogP contribution in [0.4, 0.5) is 0 Å². The lowest BCUT2D eigenvalue weighted by atomic mass is 9.98. The minimum Gasteiger partial charge on any atom is -0.389 e. The number of aliphatic hydroxyl groups excluding tert-OH is 2. The lowest BCUT2D eigenvalue weighted by Gasteiger charge is -2.16. The van der Waals surface area contributed by atoms with Crippen molar-refractivity contribution in [3.63, 3.8) is 0 Å². The minimum absolute atomic E-state index is 0.0427. The van der Waals surface area contributed by atoms with Crippen molar-refractivity contribution in [3.8, 4) is 0 Å². The smallest absolute Gasteiger partial charge is 0.165 e. The van der Waals surface area contributed by atoms with Gasteiger partial charge in [-0.1, -0.05) is 54.0 Å². The zero-order valence-electron chi connectivity index (χ0n) is 9.93. The fraction of sp³-hybridized carbons (Fsp3) is 0.462. The van der Waals surface area contributed by atoms with Gasteiger partial charge in [-0.25, -0.2) is 0 Å². The van der Waals surface area contributed by atoms with Crippen LogP contribution in [0, 0.1) is 5.92 Å². The summed E-state index contributed by atoms with van der Waals surface area (Å²) < 4.78 is 0. The molecule has 0 fully saturated rings. The summed E-state index contributed by atoms with van der Waals surface area (Å²) in [6, 6.07) is 6.71. The predicted octanol–water partition coefficient (Wildman–Crippen LogP) is 2.31. The third kappa shape index (κ3) is 3.63. The van der Waals surface area contributed by atoms with Crippen molar-refractivity contribution < 1.29 is 15.0 Å². The second kappa shape index (κ2) is 6.28. The molecule has 1 rings (SSSR count). The van der Waals surface area contributed by atoms with Crippen LogP contribution >= 0.6 is 15.9 Å². The Labute approximate surface area is 110 Å². The van der Waals surface area contributed by atoms with Gasteiger partial charge in [-0.3, -0.25) is 4.79 Å². The number of aliphatic hydroxyl groups is 2. The number of hydrogen-bond donors (Lipinski definition) is 2. The molecule has 0 spiro atoms. The Morgan fingerprint density at radius 3 is 2.18 bits per heavy atom. The first-order chi connectivity index (χ1) is 7.97. The third-order valence-electron chi connectivity index (χ3n) is 2.58. The van der Waals surface area contributed by atoms with E-state index in [2.05, 4.69) is 15.9 Å². The maximum atomic E-state index is 11.7. The number of carbonyl (C=O) groups is 1. The van der Waals surface area contributed by atoms with Crippen LogP contribution in [0.5, 0.6) is 0 Å². The molecule has 2 atom stereocenters. The standard InChI is InChI=1S/C13H17BrO3/c1-8(2)12(16)9-3-5-10(6-4-9)13(17)11(15)7-14/h3-6,8,11,13,15,17H,7H2,1-2H3. The highest BCUT2D eigenvalue weighted by atomic mass is 79.9. The van der Waals surface area contributed by atoms with Crippen molar-refractivity contribution in [2.24, 2.45) is 5.92 Å². The maximum absolute atomic E-state index is 11.7. The van der Waals surface area contributed by atoms with Crippen LogP contribution < -0.4 is 0 Å². The first-order valence-electron chi connectivity index (χ1n) is 5.53. The van der Waals surface area contributed by atoms with Crippen LogP contribution in [0.25, 0.3) is 0 Å². The number of rotatable bonds is 5. The van der Waals surface area contributed by atoms with Crippen LogP contribution in [0.3, 0.4) is 0 Å². The van der Waals surface area contributed by atoms with Crippen molar-refractivity contribution in [3.05, 3.63) is 35.4 Å². The number of halogens is 1. The zero-order chi connectivity index (χ0) is 13.0. The number of hydrogen-bond acceptors (Lipinski definition) is 3. The molecule has 0 aromatic heterocycles. The Bertz CT molecular complexity index is 373. The molecule has 2 N–H and O–H groups in total. The molecule has 3 nitrogen and oxygen atoms in total. The Morgan fingerprint density at radius 1 is 1.24 bits per heavy atom. The summed E-state index contributed by atoms with van der Waals surface area (Å²) in [5.41, 5.74) is 1.24. The van der Waals surface area contributed by atoms with Gasteiger partial charge < -0.3 is 10.2 Å². The van der Waals surface area contributed by atoms with E-state index < -0.39 is 12.2 Å². The van der Waals surface area contributed by atoms with Crippen molar-refractivity contribution in [1.82, 2.24) is 0 Å². The molecule has 1 aromatic carbocycles. The molecule has 0 saturated carbocycles. The minimum atomic E-state index is -0.933. The van der Waals surface area contributed by atoms with E-state index in [-0.39, 0.29) is 11.7 Å². The van der Waals surface area contributed by atoms with Crippen molar-refractivity contribution >= 4 is 21.7 Å². The van der Waals surface area contributed by atoms with Crippen molar-refractivity contribution in [2.75, 3.05) is 5.33 Å². The van der Waals surface area contributed by atoms with Crippen molar-refractivity contribution in [2.45, 2.75) is 26.1 Å². The van der Waals surface area contributed by atoms with Gasteiger partial charge in [0.1, 0.15) is 6.10 Å². The fourth-order valence-electron chi connectivity index (χ4n) is 1.48. The highest BCUT2D eigenvalue weighted by Gasteiger charge is 2.17. The average molecular weight is 301 g/mol. The second-order valence-corrected chi connectivity index (χ2v) is 4.95. The molecule has 0 bridgehead atoms. The first-order valence-corrected chi connectivity index (χ1v) is 6.65. The summed E-state index contributed by atoms with van der Waals surface area (Å²) in [6.45, 7) is 3.69. The van der Waals surface area contributed by atoms with Crippen LogP contribution in [0.2, 0.25) is 0 Å². The summed E-state index contributed by atoms with van der Waals surface area (Å²) in [6.07, 6.45) is -1.78. The summed E-state index contributed by atoms with van der Waals surface area (Å²) in [5, 5.41) is 19.6. The largest absolute Gasteiger partial charge is 0.389 e. The van der Waals surface area contributed by atoms with Gasteiger partial charge in [-0.2, -0.15) is 0 Å². The van der Waals surface area contributed by atoms with Crippen LogP contribution in [-0.4, -0.2) is 27.4 Å². The molecule has 4 heteroatoms. The molecule has 0 aliphatic rings. The lowest BCUT2D eigenvalue weighted by molar-refractivity contribution is 0.0342. The highest BCUT2D eigenvalue weighted by Crippen LogP contribution is 2.19. The van der Waals surface area contributed by atoms with Gasteiger partial charge in [0.2, 0.25) is 0 Å². The topological polar surface area (TPSA) is 57.5 Å². The highest BCUT2D eigenvalue weighted by molar-refractivity contribution is 9.09. The number of Topliss-reactive ketones (excluding diaryl/α,β-unsaturated/α-hetero) is 1. The molecule has 0 radical (unpaired) electrons. The summed E-state index contributed by atoms with van der Waals surface area (Å²) in [4.78, 5) is 11.7. The van der Waals surface area contributed by atoms with E-state index in [1.54, 1.807) is 24.3 Å². The fourth-order valence-corrected chi connectivity index (χ4v) is 1.84. The zero-order valence-corrected chi connectivity index (χ0v) is 11.5. The van der Waals surface area contributed by atoms with Crippen LogP contribution in [0.15, 0.2) is 24.3 Å². The molecule has 0 aliphatic carbocycles. The molecule has 94 valence electrons. The first kappa shape index (κ1) is 14.4. The van der Waals surface area contributed by atoms with Gasteiger partial charge in [-0.15, -0.1) is 0 Å². The molecule has 2 unspecified atom stereocenters. The monoisotopic (exact) mass is 300 g/mol. The Balaban J connectivity index is 2.84. The van der Waals surface area contributed by atoms with Gasteiger partial charge in [0.25, 0.3) is 0 Å². The summed E-state index contributed by atoms with van der Waals surface area (Å²) >= 11 is 3.11. The number of ketones is 1. The summed E-state index contributed by atoms with van der Waals surface area (Å²) in [7, 11) is 0. The molecule has 0 saturated heterocycles.